The van der Waals surface area contributed by atoms with Crippen LogP contribution in [0.15, 0.2) is 48.5 Å². The third kappa shape index (κ3) is 5.41. The van der Waals surface area contributed by atoms with E-state index in [4.69, 9.17) is 5.11 Å². The lowest BCUT2D eigenvalue weighted by molar-refractivity contribution is -0.384. The number of carbonyl (C=O) groups excluding carboxylic acids is 1. The van der Waals surface area contributed by atoms with Gasteiger partial charge in [0.1, 0.15) is 0 Å². The number of nitro benzene ring substituents is 1. The first-order valence-electron chi connectivity index (χ1n) is 8.17. The molecule has 0 saturated heterocycles. The molecule has 7 nitrogen and oxygen atoms in total. The van der Waals surface area contributed by atoms with Crippen LogP contribution in [0.1, 0.15) is 35.6 Å². The van der Waals surface area contributed by atoms with E-state index in [1.807, 2.05) is 19.1 Å². The number of nitro groups is 1. The molecular weight excluding hydrogens is 336 g/mol. The Morgan fingerprint density at radius 3 is 2.58 bits per heavy atom. The van der Waals surface area contributed by atoms with Crippen molar-refractivity contribution in [3.8, 4) is 0 Å². The highest BCUT2D eigenvalue weighted by Gasteiger charge is 2.19. The minimum Gasteiger partial charge on any atom is -0.481 e. The van der Waals surface area contributed by atoms with E-state index in [1.165, 1.54) is 12.1 Å². The number of carboxylic acid groups (broad SMARTS) is 1. The van der Waals surface area contributed by atoms with Gasteiger partial charge in [-0.2, -0.15) is 0 Å². The summed E-state index contributed by atoms with van der Waals surface area (Å²) < 4.78 is 0. The Balaban J connectivity index is 2.03. The van der Waals surface area contributed by atoms with E-state index in [1.54, 1.807) is 24.3 Å². The minimum absolute atomic E-state index is 0.0217. The van der Waals surface area contributed by atoms with Crippen molar-refractivity contribution in [2.45, 2.75) is 32.2 Å². The van der Waals surface area contributed by atoms with E-state index in [0.29, 0.717) is 12.0 Å². The second kappa shape index (κ2) is 8.75. The number of aliphatic carboxylic acids is 1. The molecule has 136 valence electrons. The topological polar surface area (TPSA) is 110 Å². The fourth-order valence-corrected chi connectivity index (χ4v) is 2.74. The molecule has 0 bridgehead atoms. The van der Waals surface area contributed by atoms with Gasteiger partial charge in [0.15, 0.2) is 0 Å². The lowest BCUT2D eigenvalue weighted by Gasteiger charge is -2.19. The third-order valence-electron chi connectivity index (χ3n) is 4.04. The van der Waals surface area contributed by atoms with Crippen molar-refractivity contribution in [2.24, 2.45) is 0 Å². The first-order valence-corrected chi connectivity index (χ1v) is 8.17. The van der Waals surface area contributed by atoms with Crippen molar-refractivity contribution >= 4 is 17.6 Å². The molecule has 1 unspecified atom stereocenters. The van der Waals surface area contributed by atoms with Crippen LogP contribution in [0.25, 0.3) is 0 Å². The zero-order chi connectivity index (χ0) is 19.1. The van der Waals surface area contributed by atoms with E-state index >= 15 is 0 Å². The van der Waals surface area contributed by atoms with Gasteiger partial charge < -0.3 is 10.4 Å². The number of carboxylic acids is 1. The molecule has 0 fully saturated rings. The quantitative estimate of drug-likeness (QED) is 0.558. The molecule has 7 heteroatoms. The fraction of sp³-hybridized carbons (Fsp3) is 0.263. The van der Waals surface area contributed by atoms with E-state index in [-0.39, 0.29) is 24.4 Å². The van der Waals surface area contributed by atoms with Crippen LogP contribution >= 0.6 is 0 Å². The Morgan fingerprint density at radius 2 is 1.92 bits per heavy atom. The van der Waals surface area contributed by atoms with Crippen molar-refractivity contribution in [3.63, 3.8) is 0 Å². The zero-order valence-corrected chi connectivity index (χ0v) is 14.3. The Bertz CT molecular complexity index is 819. The normalized spacial score (nSPS) is 11.6. The van der Waals surface area contributed by atoms with Crippen LogP contribution in [-0.4, -0.2) is 21.9 Å². The van der Waals surface area contributed by atoms with Crippen molar-refractivity contribution in [2.75, 3.05) is 0 Å². The number of nitrogens with one attached hydrogen (secondary N) is 1. The molecule has 2 rings (SSSR count). The van der Waals surface area contributed by atoms with Crippen molar-refractivity contribution in [1.82, 2.24) is 5.32 Å². The third-order valence-corrected chi connectivity index (χ3v) is 4.04. The number of carbonyl (C=O) groups is 2. The first kappa shape index (κ1) is 19.1. The summed E-state index contributed by atoms with van der Waals surface area (Å²) in [6, 6.07) is 12.8. The standard InChI is InChI=1S/C19H20N2O5/c1-13-5-2-3-8-16(13)17(12-19(23)24)20-18(22)10-9-14-6-4-7-15(11-14)21(25)26/h2-8,11,17H,9-10,12H2,1H3,(H,20,22)(H,23,24). The van der Waals surface area contributed by atoms with Crippen molar-refractivity contribution in [3.05, 3.63) is 75.3 Å². The molecule has 0 saturated carbocycles. The Labute approximate surface area is 150 Å². The Kier molecular flexibility index (Phi) is 6.43. The second-order valence-corrected chi connectivity index (χ2v) is 6.00. The van der Waals surface area contributed by atoms with E-state index < -0.39 is 16.9 Å². The highest BCUT2D eigenvalue weighted by molar-refractivity contribution is 5.78. The van der Waals surface area contributed by atoms with Gasteiger partial charge in [-0.1, -0.05) is 36.4 Å². The number of nitrogens with zero attached hydrogens (tertiary/aromatic N) is 1. The van der Waals surface area contributed by atoms with Gasteiger partial charge in [0.25, 0.3) is 5.69 Å². The molecule has 0 aromatic heterocycles. The number of benzene rings is 2. The summed E-state index contributed by atoms with van der Waals surface area (Å²) in [5.74, 6) is -1.30. The van der Waals surface area contributed by atoms with Crippen LogP contribution in [0.2, 0.25) is 0 Å². The largest absolute Gasteiger partial charge is 0.481 e. The van der Waals surface area contributed by atoms with Crippen LogP contribution in [-0.2, 0) is 16.0 Å². The van der Waals surface area contributed by atoms with Gasteiger partial charge in [-0.15, -0.1) is 0 Å². The van der Waals surface area contributed by atoms with Crippen LogP contribution in [0.5, 0.6) is 0 Å². The molecule has 1 amide bonds. The predicted molar refractivity (Wildman–Crippen MR) is 95.7 cm³/mol. The average molecular weight is 356 g/mol. The molecule has 0 aliphatic carbocycles. The van der Waals surface area contributed by atoms with Crippen LogP contribution < -0.4 is 5.32 Å². The van der Waals surface area contributed by atoms with Gasteiger partial charge >= 0.3 is 5.97 Å². The summed E-state index contributed by atoms with van der Waals surface area (Å²) in [4.78, 5) is 33.7. The summed E-state index contributed by atoms with van der Waals surface area (Å²) in [6.07, 6.45) is 0.234. The smallest absolute Gasteiger partial charge is 0.305 e. The van der Waals surface area contributed by atoms with Crippen molar-refractivity contribution in [1.29, 1.82) is 0 Å². The van der Waals surface area contributed by atoms with Crippen molar-refractivity contribution < 1.29 is 19.6 Å². The minimum atomic E-state index is -1.00. The molecule has 2 aromatic rings. The van der Waals surface area contributed by atoms with Gasteiger partial charge in [0.2, 0.25) is 5.91 Å². The monoisotopic (exact) mass is 356 g/mol. The SMILES string of the molecule is Cc1ccccc1C(CC(=O)O)NC(=O)CCc1cccc([N+](=O)[O-])c1. The van der Waals surface area contributed by atoms with Gasteiger partial charge in [0, 0.05) is 18.6 Å². The number of hydrogen-bond acceptors (Lipinski definition) is 4. The zero-order valence-electron chi connectivity index (χ0n) is 14.3. The van der Waals surface area contributed by atoms with Gasteiger partial charge in [-0.05, 0) is 30.0 Å². The van der Waals surface area contributed by atoms with E-state index in [9.17, 15) is 19.7 Å². The highest BCUT2D eigenvalue weighted by atomic mass is 16.6. The van der Waals surface area contributed by atoms with Gasteiger partial charge in [-0.3, -0.25) is 19.7 Å². The maximum Gasteiger partial charge on any atom is 0.305 e. The number of aryl methyl sites for hydroxylation is 2. The molecule has 1 atom stereocenters. The molecule has 2 aromatic carbocycles. The average Bonchev–Trinajstić information content (AvgIpc) is 2.59. The number of non-ortho nitro benzene ring substituents is 1. The molecule has 2 N–H and O–H groups in total. The van der Waals surface area contributed by atoms with Crippen LogP contribution in [0.3, 0.4) is 0 Å². The Morgan fingerprint density at radius 1 is 1.19 bits per heavy atom. The lowest BCUT2D eigenvalue weighted by atomic mass is 9.98. The van der Waals surface area contributed by atoms with E-state index in [0.717, 1.165) is 11.1 Å². The summed E-state index contributed by atoms with van der Waals surface area (Å²) in [5.41, 5.74) is 2.32. The molecule has 0 aliphatic heterocycles. The molecule has 0 heterocycles. The number of rotatable bonds is 8. The molecule has 0 spiro atoms. The van der Waals surface area contributed by atoms with Crippen LogP contribution in [0.4, 0.5) is 5.69 Å². The number of amides is 1. The lowest BCUT2D eigenvalue weighted by Crippen LogP contribution is -2.30. The summed E-state index contributed by atoms with van der Waals surface area (Å²) in [7, 11) is 0. The molecule has 0 radical (unpaired) electrons. The van der Waals surface area contributed by atoms with Gasteiger partial charge in [-0.25, -0.2) is 0 Å². The first-order chi connectivity index (χ1) is 12.4. The summed E-state index contributed by atoms with van der Waals surface area (Å²) in [6.45, 7) is 1.86. The number of hydrogen-bond donors (Lipinski definition) is 2. The highest BCUT2D eigenvalue weighted by Crippen LogP contribution is 2.21. The molecular formula is C19H20N2O5. The van der Waals surface area contributed by atoms with Crippen LogP contribution in [0, 0.1) is 17.0 Å². The molecule has 26 heavy (non-hydrogen) atoms. The summed E-state index contributed by atoms with van der Waals surface area (Å²) >= 11 is 0. The fourth-order valence-electron chi connectivity index (χ4n) is 2.74. The molecule has 0 aliphatic rings. The summed E-state index contributed by atoms with van der Waals surface area (Å²) in [5, 5.41) is 22.7. The maximum atomic E-state index is 12.3. The second-order valence-electron chi connectivity index (χ2n) is 6.00. The predicted octanol–water partition coefficient (Wildman–Crippen LogP) is 3.17. The van der Waals surface area contributed by atoms with E-state index in [2.05, 4.69) is 5.32 Å². The maximum absolute atomic E-state index is 12.3. The Hall–Kier alpha value is -3.22. The van der Waals surface area contributed by atoms with Gasteiger partial charge in [0.05, 0.1) is 17.4 Å².